The van der Waals surface area contributed by atoms with E-state index < -0.39 is 0 Å². The van der Waals surface area contributed by atoms with Crippen LogP contribution in [-0.2, 0) is 0 Å². The van der Waals surface area contributed by atoms with Crippen molar-refractivity contribution in [1.29, 1.82) is 0 Å². The third-order valence-electron chi connectivity index (χ3n) is 2.89. The van der Waals surface area contributed by atoms with Gasteiger partial charge in [-0.2, -0.15) is 5.10 Å². The van der Waals surface area contributed by atoms with Crippen molar-refractivity contribution in [3.05, 3.63) is 35.0 Å². The summed E-state index contributed by atoms with van der Waals surface area (Å²) >= 11 is 3.41. The van der Waals surface area contributed by atoms with Crippen molar-refractivity contribution in [2.24, 2.45) is 0 Å². The second-order valence-corrected chi connectivity index (χ2v) is 5.08. The topological polar surface area (TPSA) is 46.8 Å². The number of aryl methyl sites for hydroxylation is 1. The molecule has 2 aromatic rings. The highest BCUT2D eigenvalue weighted by Crippen LogP contribution is 2.26. The highest BCUT2D eigenvalue weighted by molar-refractivity contribution is 9.10. The van der Waals surface area contributed by atoms with Crippen LogP contribution >= 0.6 is 15.9 Å². The molecule has 1 aliphatic heterocycles. The summed E-state index contributed by atoms with van der Waals surface area (Å²) in [6.45, 7) is 3.81. The molecule has 0 bridgehead atoms. The molecule has 1 fully saturated rings. The summed E-state index contributed by atoms with van der Waals surface area (Å²) in [5.41, 5.74) is 0. The zero-order valence-electron chi connectivity index (χ0n) is 9.41. The molecule has 0 spiro atoms. The molecule has 0 N–H and O–H groups in total. The molecule has 3 heterocycles. The van der Waals surface area contributed by atoms with Gasteiger partial charge < -0.3 is 4.90 Å². The van der Waals surface area contributed by atoms with Crippen LogP contribution in [0.2, 0.25) is 0 Å². The van der Waals surface area contributed by atoms with Gasteiger partial charge in [0.1, 0.15) is 11.6 Å². The number of halogens is 1. The first-order valence-corrected chi connectivity index (χ1v) is 6.26. The fourth-order valence-corrected chi connectivity index (χ4v) is 2.25. The number of rotatable bonds is 2. The minimum atomic E-state index is 0.441. The molecule has 3 rings (SSSR count). The van der Waals surface area contributed by atoms with Gasteiger partial charge in [0.2, 0.25) is 0 Å². The van der Waals surface area contributed by atoms with Crippen LogP contribution in [-0.4, -0.2) is 32.8 Å². The SMILES string of the molecule is Cc1nccc(N2CC(n3cc(Br)cn3)C2)n1. The van der Waals surface area contributed by atoms with Crippen molar-refractivity contribution in [3.63, 3.8) is 0 Å². The van der Waals surface area contributed by atoms with Gasteiger partial charge >= 0.3 is 0 Å². The monoisotopic (exact) mass is 293 g/mol. The third kappa shape index (κ3) is 2.04. The molecule has 88 valence electrons. The normalized spacial score (nSPS) is 16.0. The highest BCUT2D eigenvalue weighted by Gasteiger charge is 2.29. The van der Waals surface area contributed by atoms with Gasteiger partial charge in [0.05, 0.1) is 16.7 Å². The lowest BCUT2D eigenvalue weighted by atomic mass is 10.1. The molecule has 1 aliphatic rings. The fourth-order valence-electron chi connectivity index (χ4n) is 1.94. The molecular weight excluding hydrogens is 282 g/mol. The summed E-state index contributed by atoms with van der Waals surface area (Å²) in [6, 6.07) is 2.39. The number of anilines is 1. The van der Waals surface area contributed by atoms with Crippen LogP contribution in [0.3, 0.4) is 0 Å². The Morgan fingerprint density at radius 1 is 1.41 bits per heavy atom. The van der Waals surface area contributed by atoms with E-state index in [2.05, 4.69) is 35.9 Å². The van der Waals surface area contributed by atoms with E-state index in [0.717, 1.165) is 29.2 Å². The van der Waals surface area contributed by atoms with Gasteiger partial charge in [0.15, 0.2) is 0 Å². The van der Waals surface area contributed by atoms with E-state index in [9.17, 15) is 0 Å². The third-order valence-corrected chi connectivity index (χ3v) is 3.30. The van der Waals surface area contributed by atoms with Crippen LogP contribution in [0.25, 0.3) is 0 Å². The Labute approximate surface area is 108 Å². The first-order valence-electron chi connectivity index (χ1n) is 5.46. The Bertz CT molecular complexity index is 532. The highest BCUT2D eigenvalue weighted by atomic mass is 79.9. The maximum Gasteiger partial charge on any atom is 0.132 e. The Morgan fingerprint density at radius 3 is 2.88 bits per heavy atom. The molecule has 1 saturated heterocycles. The van der Waals surface area contributed by atoms with E-state index >= 15 is 0 Å². The van der Waals surface area contributed by atoms with E-state index in [1.807, 2.05) is 30.1 Å². The first-order chi connectivity index (χ1) is 8.22. The molecule has 5 nitrogen and oxygen atoms in total. The van der Waals surface area contributed by atoms with Gasteiger partial charge in [-0.25, -0.2) is 9.97 Å². The van der Waals surface area contributed by atoms with Crippen molar-refractivity contribution in [1.82, 2.24) is 19.7 Å². The summed E-state index contributed by atoms with van der Waals surface area (Å²) in [6.07, 6.45) is 5.63. The quantitative estimate of drug-likeness (QED) is 0.847. The van der Waals surface area contributed by atoms with Crippen molar-refractivity contribution in [3.8, 4) is 0 Å². The average molecular weight is 294 g/mol. The lowest BCUT2D eigenvalue weighted by Gasteiger charge is -2.40. The van der Waals surface area contributed by atoms with Crippen molar-refractivity contribution < 1.29 is 0 Å². The number of hydrogen-bond donors (Lipinski definition) is 0. The molecule has 0 aromatic carbocycles. The average Bonchev–Trinajstić information content (AvgIpc) is 2.63. The molecule has 0 atom stereocenters. The molecule has 0 radical (unpaired) electrons. The van der Waals surface area contributed by atoms with Crippen LogP contribution in [0.4, 0.5) is 5.82 Å². The number of nitrogens with zero attached hydrogens (tertiary/aromatic N) is 5. The fraction of sp³-hybridized carbons (Fsp3) is 0.364. The van der Waals surface area contributed by atoms with E-state index in [1.54, 1.807) is 6.20 Å². The van der Waals surface area contributed by atoms with Gasteiger partial charge in [0, 0.05) is 25.5 Å². The van der Waals surface area contributed by atoms with Gasteiger partial charge in [-0.1, -0.05) is 0 Å². The number of hydrogen-bond acceptors (Lipinski definition) is 4. The summed E-state index contributed by atoms with van der Waals surface area (Å²) in [4.78, 5) is 10.7. The predicted molar refractivity (Wildman–Crippen MR) is 67.9 cm³/mol. The van der Waals surface area contributed by atoms with Gasteiger partial charge in [-0.15, -0.1) is 0 Å². The van der Waals surface area contributed by atoms with Crippen LogP contribution in [0.5, 0.6) is 0 Å². The van der Waals surface area contributed by atoms with E-state index in [4.69, 9.17) is 0 Å². The minimum absolute atomic E-state index is 0.441. The zero-order chi connectivity index (χ0) is 11.8. The largest absolute Gasteiger partial charge is 0.352 e. The maximum absolute atomic E-state index is 4.40. The summed E-state index contributed by atoms with van der Waals surface area (Å²) in [7, 11) is 0. The second kappa shape index (κ2) is 4.10. The lowest BCUT2D eigenvalue weighted by molar-refractivity contribution is 0.365. The molecular formula is C11H12BrN5. The van der Waals surface area contributed by atoms with Crippen LogP contribution in [0.15, 0.2) is 29.1 Å². The standard InChI is InChI=1S/C11H12BrN5/c1-8-13-3-2-11(15-8)16-6-10(7-16)17-5-9(12)4-14-17/h2-5,10H,6-7H2,1H3. The van der Waals surface area contributed by atoms with Gasteiger partial charge in [-0.05, 0) is 28.9 Å². The Balaban J connectivity index is 1.69. The first kappa shape index (κ1) is 10.7. The predicted octanol–water partition coefficient (Wildman–Crippen LogP) is 1.81. The Morgan fingerprint density at radius 2 is 2.24 bits per heavy atom. The Hall–Kier alpha value is -1.43. The van der Waals surface area contributed by atoms with Gasteiger partial charge in [0.25, 0.3) is 0 Å². The molecule has 0 aliphatic carbocycles. The molecule has 2 aromatic heterocycles. The van der Waals surface area contributed by atoms with Crippen LogP contribution in [0, 0.1) is 6.92 Å². The van der Waals surface area contributed by atoms with E-state index in [0.29, 0.717) is 6.04 Å². The maximum atomic E-state index is 4.40. The van der Waals surface area contributed by atoms with E-state index in [1.165, 1.54) is 0 Å². The molecule has 6 heteroatoms. The summed E-state index contributed by atoms with van der Waals surface area (Å²) < 4.78 is 3.02. The van der Waals surface area contributed by atoms with Crippen molar-refractivity contribution >= 4 is 21.7 Å². The molecule has 0 saturated carbocycles. The molecule has 17 heavy (non-hydrogen) atoms. The molecule has 0 amide bonds. The van der Waals surface area contributed by atoms with Crippen LogP contribution in [0.1, 0.15) is 11.9 Å². The van der Waals surface area contributed by atoms with Crippen molar-refractivity contribution in [2.75, 3.05) is 18.0 Å². The zero-order valence-corrected chi connectivity index (χ0v) is 11.0. The summed E-state index contributed by atoms with van der Waals surface area (Å²) in [5.74, 6) is 1.81. The van der Waals surface area contributed by atoms with Gasteiger partial charge in [-0.3, -0.25) is 4.68 Å². The molecule has 0 unspecified atom stereocenters. The second-order valence-electron chi connectivity index (χ2n) is 4.16. The minimum Gasteiger partial charge on any atom is -0.352 e. The lowest BCUT2D eigenvalue weighted by Crippen LogP contribution is -2.48. The smallest absolute Gasteiger partial charge is 0.132 e. The Kier molecular flexibility index (Phi) is 2.58. The van der Waals surface area contributed by atoms with Crippen LogP contribution < -0.4 is 4.90 Å². The number of aromatic nitrogens is 4. The summed E-state index contributed by atoms with van der Waals surface area (Å²) in [5, 5.41) is 4.29. The van der Waals surface area contributed by atoms with E-state index in [-0.39, 0.29) is 0 Å². The van der Waals surface area contributed by atoms with Crippen molar-refractivity contribution in [2.45, 2.75) is 13.0 Å².